The third kappa shape index (κ3) is 8.82. The Hall–Kier alpha value is -0.950. The standard InChI is InChI=1S/C31H53N3O7S/c1-37-26-18-23-19-27(29(26)38-2)39-16-3-6-24(41-31(36)22-7-8-25-28(20-22)42-21-32-25)9-13-34-11-4-10-33(14-15-34)12-5-17-40-30(23)35/h22-29,32H,3-21H2,1-2H3. The lowest BCUT2D eigenvalue weighted by atomic mass is 9.83. The van der Waals surface area contributed by atoms with E-state index < -0.39 is 0 Å². The molecular weight excluding hydrogens is 558 g/mol. The van der Waals surface area contributed by atoms with Gasteiger partial charge in [0.2, 0.25) is 0 Å². The Morgan fingerprint density at radius 2 is 1.69 bits per heavy atom. The van der Waals surface area contributed by atoms with Gasteiger partial charge in [0.1, 0.15) is 12.2 Å². The first-order chi connectivity index (χ1) is 20.5. The highest BCUT2D eigenvalue weighted by Gasteiger charge is 2.42. The summed E-state index contributed by atoms with van der Waals surface area (Å²) in [7, 11) is 3.34. The van der Waals surface area contributed by atoms with Crippen LogP contribution >= 0.6 is 11.8 Å². The van der Waals surface area contributed by atoms with Gasteiger partial charge in [0.25, 0.3) is 0 Å². The van der Waals surface area contributed by atoms with Crippen molar-refractivity contribution in [3.8, 4) is 0 Å². The zero-order valence-corrected chi connectivity index (χ0v) is 26.5. The topological polar surface area (TPSA) is 98.8 Å². The number of thioether (sulfide) groups is 1. The SMILES string of the molecule is COC1CC2CC(OCCCC(OC(=O)C3CCC4NCSC4C3)CCN3CCCN(CCCOC2=O)CC3)C1OC. The number of ether oxygens (including phenoxy) is 5. The van der Waals surface area contributed by atoms with Gasteiger partial charge in [-0.1, -0.05) is 0 Å². The first kappa shape index (κ1) is 32.4. The average Bonchev–Trinajstić information content (AvgIpc) is 3.36. The molecule has 2 aliphatic carbocycles. The Kier molecular flexibility index (Phi) is 12.7. The van der Waals surface area contributed by atoms with Crippen molar-refractivity contribution in [2.75, 3.05) is 72.6 Å². The van der Waals surface area contributed by atoms with E-state index >= 15 is 0 Å². The lowest BCUT2D eigenvalue weighted by Crippen LogP contribution is -2.49. The van der Waals surface area contributed by atoms with Crippen molar-refractivity contribution in [2.45, 2.75) is 99.9 Å². The van der Waals surface area contributed by atoms with E-state index in [4.69, 9.17) is 23.7 Å². The molecule has 0 aromatic heterocycles. The Bertz CT molecular complexity index is 868. The minimum Gasteiger partial charge on any atom is -0.465 e. The number of methoxy groups -OCH3 is 2. The molecular formula is C31H53N3O7S. The van der Waals surface area contributed by atoms with Crippen LogP contribution in [-0.2, 0) is 33.3 Å². The third-order valence-electron chi connectivity index (χ3n) is 10.0. The van der Waals surface area contributed by atoms with E-state index in [0.717, 1.165) is 96.5 Å². The molecule has 5 aliphatic rings. The first-order valence-electron chi connectivity index (χ1n) is 16.4. The lowest BCUT2D eigenvalue weighted by Gasteiger charge is -2.39. The van der Waals surface area contributed by atoms with Crippen LogP contribution in [0, 0.1) is 11.8 Å². The predicted octanol–water partition coefficient (Wildman–Crippen LogP) is 2.68. The van der Waals surface area contributed by atoms with Crippen molar-refractivity contribution < 1.29 is 33.3 Å². The van der Waals surface area contributed by atoms with Crippen LogP contribution in [0.4, 0.5) is 0 Å². The molecule has 10 atom stereocenters. The van der Waals surface area contributed by atoms with Crippen molar-refractivity contribution in [3.05, 3.63) is 0 Å². The highest BCUT2D eigenvalue weighted by atomic mass is 32.2. The molecule has 10 unspecified atom stereocenters. The Balaban J connectivity index is 1.23. The van der Waals surface area contributed by atoms with Crippen LogP contribution in [0.2, 0.25) is 0 Å². The third-order valence-corrected chi connectivity index (χ3v) is 11.3. The molecule has 0 aromatic rings. The van der Waals surface area contributed by atoms with Crippen molar-refractivity contribution in [1.82, 2.24) is 15.1 Å². The smallest absolute Gasteiger partial charge is 0.309 e. The Morgan fingerprint density at radius 3 is 2.50 bits per heavy atom. The molecule has 5 rings (SSSR count). The number of nitrogens with one attached hydrogen (secondary N) is 1. The maximum absolute atomic E-state index is 13.4. The molecule has 4 bridgehead atoms. The van der Waals surface area contributed by atoms with Gasteiger partial charge in [0.05, 0.1) is 30.7 Å². The summed E-state index contributed by atoms with van der Waals surface area (Å²) in [5, 5.41) is 4.09. The van der Waals surface area contributed by atoms with Crippen LogP contribution in [-0.4, -0.2) is 130 Å². The largest absolute Gasteiger partial charge is 0.465 e. The fourth-order valence-corrected chi connectivity index (χ4v) is 8.88. The van der Waals surface area contributed by atoms with Gasteiger partial charge in [0, 0.05) is 64.2 Å². The van der Waals surface area contributed by atoms with Crippen molar-refractivity contribution in [1.29, 1.82) is 0 Å². The summed E-state index contributed by atoms with van der Waals surface area (Å²) in [5.41, 5.74) is 0. The Morgan fingerprint density at radius 1 is 0.881 bits per heavy atom. The molecule has 3 aliphatic heterocycles. The number of esters is 2. The highest BCUT2D eigenvalue weighted by Crippen LogP contribution is 2.37. The second kappa shape index (κ2) is 16.4. The van der Waals surface area contributed by atoms with E-state index in [9.17, 15) is 9.59 Å². The zero-order valence-electron chi connectivity index (χ0n) is 25.7. The van der Waals surface area contributed by atoms with Gasteiger partial charge < -0.3 is 38.8 Å². The van der Waals surface area contributed by atoms with Gasteiger partial charge in [-0.2, -0.15) is 0 Å². The number of cyclic esters (lactones) is 1. The minimum atomic E-state index is -0.266. The van der Waals surface area contributed by atoms with E-state index in [2.05, 4.69) is 15.1 Å². The maximum Gasteiger partial charge on any atom is 0.309 e. The summed E-state index contributed by atoms with van der Waals surface area (Å²) in [4.78, 5) is 31.4. The highest BCUT2D eigenvalue weighted by molar-refractivity contribution is 8.00. The van der Waals surface area contributed by atoms with E-state index in [1.165, 1.54) is 0 Å². The number of nitrogens with zero attached hydrogens (tertiary/aromatic N) is 2. The molecule has 240 valence electrons. The number of hydrogen-bond acceptors (Lipinski definition) is 11. The van der Waals surface area contributed by atoms with Gasteiger partial charge in [-0.05, 0) is 77.3 Å². The maximum atomic E-state index is 13.4. The molecule has 0 aromatic carbocycles. The second-order valence-electron chi connectivity index (χ2n) is 12.8. The molecule has 0 amide bonds. The minimum absolute atomic E-state index is 0.00555. The van der Waals surface area contributed by atoms with E-state index in [1.807, 2.05) is 11.8 Å². The van der Waals surface area contributed by atoms with E-state index in [0.29, 0.717) is 37.3 Å². The fourth-order valence-electron chi connectivity index (χ4n) is 7.52. The van der Waals surface area contributed by atoms with Crippen LogP contribution in [0.5, 0.6) is 0 Å². The molecule has 5 fully saturated rings. The molecule has 11 heteroatoms. The van der Waals surface area contributed by atoms with Crippen LogP contribution in [0.25, 0.3) is 0 Å². The van der Waals surface area contributed by atoms with E-state index in [1.54, 1.807) is 14.2 Å². The van der Waals surface area contributed by atoms with Crippen LogP contribution in [0.3, 0.4) is 0 Å². The number of fused-ring (bicyclic) bond motifs is 6. The summed E-state index contributed by atoms with van der Waals surface area (Å²) < 4.78 is 29.9. The monoisotopic (exact) mass is 611 g/mol. The fraction of sp³-hybridized carbons (Fsp3) is 0.935. The van der Waals surface area contributed by atoms with Crippen LogP contribution < -0.4 is 5.32 Å². The Labute approximate surface area is 256 Å². The molecule has 1 N–H and O–H groups in total. The zero-order chi connectivity index (χ0) is 29.3. The number of hydrogen-bond donors (Lipinski definition) is 1. The summed E-state index contributed by atoms with van der Waals surface area (Å²) in [6, 6.07) is 0.550. The molecule has 0 spiro atoms. The van der Waals surface area contributed by atoms with Crippen molar-refractivity contribution in [2.24, 2.45) is 11.8 Å². The molecule has 42 heavy (non-hydrogen) atoms. The second-order valence-corrected chi connectivity index (χ2v) is 14.0. The van der Waals surface area contributed by atoms with Gasteiger partial charge in [-0.25, -0.2) is 0 Å². The summed E-state index contributed by atoms with van der Waals surface area (Å²) in [6.45, 7) is 6.98. The van der Waals surface area contributed by atoms with Gasteiger partial charge in [0.15, 0.2) is 0 Å². The van der Waals surface area contributed by atoms with Gasteiger partial charge >= 0.3 is 11.9 Å². The lowest BCUT2D eigenvalue weighted by molar-refractivity contribution is -0.172. The van der Waals surface area contributed by atoms with E-state index in [-0.39, 0.29) is 48.2 Å². The predicted molar refractivity (Wildman–Crippen MR) is 161 cm³/mol. The number of carbonyl (C=O) groups is 2. The quantitative estimate of drug-likeness (QED) is 0.475. The molecule has 0 radical (unpaired) electrons. The summed E-state index contributed by atoms with van der Waals surface area (Å²) >= 11 is 1.95. The molecule has 3 heterocycles. The summed E-state index contributed by atoms with van der Waals surface area (Å²) in [6.07, 6.45) is 7.55. The number of rotatable bonds is 4. The average molecular weight is 612 g/mol. The molecule has 10 nitrogen and oxygen atoms in total. The first-order valence-corrected chi connectivity index (χ1v) is 17.4. The van der Waals surface area contributed by atoms with Crippen molar-refractivity contribution >= 4 is 23.7 Å². The van der Waals surface area contributed by atoms with Crippen LogP contribution in [0.1, 0.15) is 64.2 Å². The summed E-state index contributed by atoms with van der Waals surface area (Å²) in [5.74, 6) is 0.560. The van der Waals surface area contributed by atoms with Gasteiger partial charge in [-0.15, -0.1) is 11.8 Å². The van der Waals surface area contributed by atoms with Gasteiger partial charge in [-0.3, -0.25) is 9.59 Å². The molecule has 2 saturated carbocycles. The number of carbonyl (C=O) groups excluding carboxylic acids is 2. The molecule has 3 saturated heterocycles. The van der Waals surface area contributed by atoms with Crippen LogP contribution in [0.15, 0.2) is 0 Å². The van der Waals surface area contributed by atoms with Crippen molar-refractivity contribution in [3.63, 3.8) is 0 Å². The normalized spacial score (nSPS) is 41.0.